The summed E-state index contributed by atoms with van der Waals surface area (Å²) in [5, 5.41) is 12.1. The Hall–Kier alpha value is -1.93. The van der Waals surface area contributed by atoms with Gasteiger partial charge in [0.1, 0.15) is 5.82 Å². The van der Waals surface area contributed by atoms with Gasteiger partial charge in [0.05, 0.1) is 17.9 Å². The average Bonchev–Trinajstić information content (AvgIpc) is 3.16. The molecule has 2 aliphatic rings. The molecule has 1 aliphatic carbocycles. The van der Waals surface area contributed by atoms with Gasteiger partial charge in [-0.25, -0.2) is 4.39 Å². The molecule has 1 saturated heterocycles. The molecular formula is C19H23FN4O2S. The number of rotatable bonds is 7. The first-order valence-electron chi connectivity index (χ1n) is 9.38. The highest BCUT2D eigenvalue weighted by atomic mass is 32.2. The average molecular weight is 390 g/mol. The molecule has 27 heavy (non-hydrogen) atoms. The van der Waals surface area contributed by atoms with Gasteiger partial charge in [-0.05, 0) is 56.9 Å². The minimum atomic E-state index is -0.288. The first kappa shape index (κ1) is 18.4. The zero-order chi connectivity index (χ0) is 18.8. The van der Waals surface area contributed by atoms with Crippen LogP contribution in [-0.4, -0.2) is 44.7 Å². The highest BCUT2D eigenvalue weighted by Crippen LogP contribution is 2.29. The van der Waals surface area contributed by atoms with E-state index in [4.69, 9.17) is 4.74 Å². The van der Waals surface area contributed by atoms with Gasteiger partial charge in [0.25, 0.3) is 0 Å². The standard InChI is InChI=1S/C19H23FN4O2S/c1-12(18(25)21-15-8-9-15)27-19-23-22-17(13-4-6-14(20)7-5-13)24(19)11-16-3-2-10-26-16/h4-7,12,15-16H,2-3,8-11H2,1H3,(H,21,25)/t12-,16+/m1/s1. The smallest absolute Gasteiger partial charge is 0.233 e. The van der Waals surface area contributed by atoms with Gasteiger partial charge < -0.3 is 10.1 Å². The van der Waals surface area contributed by atoms with Crippen molar-refractivity contribution in [3.05, 3.63) is 30.1 Å². The van der Waals surface area contributed by atoms with Gasteiger partial charge in [-0.15, -0.1) is 10.2 Å². The normalized spacial score (nSPS) is 20.6. The third-order valence-electron chi connectivity index (χ3n) is 4.80. The summed E-state index contributed by atoms with van der Waals surface area (Å²) in [5.41, 5.74) is 0.795. The fourth-order valence-electron chi connectivity index (χ4n) is 3.10. The lowest BCUT2D eigenvalue weighted by Gasteiger charge is -2.16. The summed E-state index contributed by atoms with van der Waals surface area (Å²) in [7, 11) is 0. The van der Waals surface area contributed by atoms with Crippen LogP contribution in [0, 0.1) is 5.82 Å². The molecular weight excluding hydrogens is 367 g/mol. The Morgan fingerprint density at radius 1 is 1.33 bits per heavy atom. The van der Waals surface area contributed by atoms with Crippen LogP contribution < -0.4 is 5.32 Å². The predicted octanol–water partition coefficient (Wildman–Crippen LogP) is 3.02. The molecule has 2 aromatic rings. The lowest BCUT2D eigenvalue weighted by Crippen LogP contribution is -2.32. The Morgan fingerprint density at radius 2 is 2.11 bits per heavy atom. The number of hydrogen-bond donors (Lipinski definition) is 1. The summed E-state index contributed by atoms with van der Waals surface area (Å²) in [6.45, 7) is 3.27. The number of carbonyl (C=O) groups is 1. The summed E-state index contributed by atoms with van der Waals surface area (Å²) < 4.78 is 21.1. The molecule has 1 aromatic heterocycles. The SMILES string of the molecule is C[C@@H](Sc1nnc(-c2ccc(F)cc2)n1C[C@@H]1CCCO1)C(=O)NC1CC1. The molecule has 2 atom stereocenters. The van der Waals surface area contributed by atoms with E-state index < -0.39 is 0 Å². The number of aromatic nitrogens is 3. The number of nitrogens with one attached hydrogen (secondary N) is 1. The molecule has 8 heteroatoms. The quantitative estimate of drug-likeness (QED) is 0.736. The van der Waals surface area contributed by atoms with Crippen molar-refractivity contribution in [3.8, 4) is 11.4 Å². The van der Waals surface area contributed by atoms with Crippen LogP contribution in [0.5, 0.6) is 0 Å². The van der Waals surface area contributed by atoms with Crippen molar-refractivity contribution in [2.24, 2.45) is 0 Å². The summed E-state index contributed by atoms with van der Waals surface area (Å²) >= 11 is 1.40. The first-order valence-corrected chi connectivity index (χ1v) is 10.3. The van der Waals surface area contributed by atoms with Crippen molar-refractivity contribution in [3.63, 3.8) is 0 Å². The molecule has 1 amide bonds. The van der Waals surface area contributed by atoms with Crippen LogP contribution in [0.4, 0.5) is 4.39 Å². The number of benzene rings is 1. The van der Waals surface area contributed by atoms with Crippen LogP contribution in [0.15, 0.2) is 29.4 Å². The first-order chi connectivity index (χ1) is 13.1. The van der Waals surface area contributed by atoms with E-state index in [1.54, 1.807) is 12.1 Å². The van der Waals surface area contributed by atoms with Crippen molar-refractivity contribution in [1.29, 1.82) is 0 Å². The highest BCUT2D eigenvalue weighted by Gasteiger charge is 2.28. The van der Waals surface area contributed by atoms with Crippen molar-refractivity contribution in [2.45, 2.75) is 61.7 Å². The van der Waals surface area contributed by atoms with E-state index in [9.17, 15) is 9.18 Å². The van der Waals surface area contributed by atoms with E-state index >= 15 is 0 Å². The third-order valence-corrected chi connectivity index (χ3v) is 5.89. The van der Waals surface area contributed by atoms with Gasteiger partial charge in [-0.1, -0.05) is 11.8 Å². The second-order valence-corrected chi connectivity index (χ2v) is 8.41. The predicted molar refractivity (Wildman–Crippen MR) is 101 cm³/mol. The second-order valence-electron chi connectivity index (χ2n) is 7.10. The van der Waals surface area contributed by atoms with Gasteiger partial charge >= 0.3 is 0 Å². The summed E-state index contributed by atoms with van der Waals surface area (Å²) in [5.74, 6) is 0.407. The maximum Gasteiger partial charge on any atom is 0.233 e. The van der Waals surface area contributed by atoms with Crippen molar-refractivity contribution in [2.75, 3.05) is 6.61 Å². The van der Waals surface area contributed by atoms with Crippen LogP contribution in [0.3, 0.4) is 0 Å². The molecule has 0 bridgehead atoms. The Balaban J connectivity index is 1.57. The van der Waals surface area contributed by atoms with Gasteiger partial charge in [0.2, 0.25) is 5.91 Å². The van der Waals surface area contributed by atoms with Crippen LogP contribution >= 0.6 is 11.8 Å². The Morgan fingerprint density at radius 3 is 2.78 bits per heavy atom. The van der Waals surface area contributed by atoms with E-state index in [2.05, 4.69) is 15.5 Å². The molecule has 2 heterocycles. The summed E-state index contributed by atoms with van der Waals surface area (Å²) in [6.07, 6.45) is 4.26. The number of ether oxygens (including phenoxy) is 1. The highest BCUT2D eigenvalue weighted by molar-refractivity contribution is 8.00. The number of halogens is 1. The second kappa shape index (κ2) is 7.98. The fourth-order valence-corrected chi connectivity index (χ4v) is 3.97. The van der Waals surface area contributed by atoms with E-state index in [1.165, 1.54) is 23.9 Å². The summed E-state index contributed by atoms with van der Waals surface area (Å²) in [4.78, 5) is 12.3. The number of amides is 1. The Labute approximate surface area is 161 Å². The molecule has 6 nitrogen and oxygen atoms in total. The number of thioether (sulfide) groups is 1. The van der Waals surface area contributed by atoms with Crippen LogP contribution in [0.1, 0.15) is 32.6 Å². The largest absolute Gasteiger partial charge is 0.376 e. The third kappa shape index (κ3) is 4.50. The molecule has 0 radical (unpaired) electrons. The molecule has 144 valence electrons. The Kier molecular flexibility index (Phi) is 5.45. The zero-order valence-corrected chi connectivity index (χ0v) is 16.0. The monoisotopic (exact) mass is 390 g/mol. The molecule has 4 rings (SSSR count). The number of carbonyl (C=O) groups excluding carboxylic acids is 1. The fraction of sp³-hybridized carbons (Fsp3) is 0.526. The van der Waals surface area contributed by atoms with Crippen LogP contribution in [-0.2, 0) is 16.1 Å². The van der Waals surface area contributed by atoms with E-state index in [0.29, 0.717) is 23.6 Å². The minimum absolute atomic E-state index is 0.0255. The molecule has 1 N–H and O–H groups in total. The van der Waals surface area contributed by atoms with E-state index in [-0.39, 0.29) is 23.1 Å². The molecule has 1 aromatic carbocycles. The van der Waals surface area contributed by atoms with Gasteiger partial charge in [-0.3, -0.25) is 9.36 Å². The zero-order valence-electron chi connectivity index (χ0n) is 15.2. The maximum atomic E-state index is 13.3. The lowest BCUT2D eigenvalue weighted by molar-refractivity contribution is -0.120. The lowest BCUT2D eigenvalue weighted by atomic mass is 10.2. The maximum absolute atomic E-state index is 13.3. The molecule has 1 saturated carbocycles. The Bertz CT molecular complexity index is 801. The molecule has 0 spiro atoms. The van der Waals surface area contributed by atoms with Gasteiger partial charge in [0, 0.05) is 18.2 Å². The van der Waals surface area contributed by atoms with E-state index in [0.717, 1.165) is 37.9 Å². The molecule has 0 unspecified atom stereocenters. The topological polar surface area (TPSA) is 69.0 Å². The van der Waals surface area contributed by atoms with Crippen molar-refractivity contribution < 1.29 is 13.9 Å². The van der Waals surface area contributed by atoms with Gasteiger partial charge in [0.15, 0.2) is 11.0 Å². The molecule has 2 fully saturated rings. The van der Waals surface area contributed by atoms with Crippen molar-refractivity contribution in [1.82, 2.24) is 20.1 Å². The summed E-state index contributed by atoms with van der Waals surface area (Å²) in [6, 6.07) is 6.56. The van der Waals surface area contributed by atoms with Crippen molar-refractivity contribution >= 4 is 17.7 Å². The minimum Gasteiger partial charge on any atom is -0.376 e. The van der Waals surface area contributed by atoms with Crippen LogP contribution in [0.2, 0.25) is 0 Å². The number of hydrogen-bond acceptors (Lipinski definition) is 5. The van der Waals surface area contributed by atoms with Crippen LogP contribution in [0.25, 0.3) is 11.4 Å². The van der Waals surface area contributed by atoms with E-state index in [1.807, 2.05) is 11.5 Å². The van der Waals surface area contributed by atoms with Gasteiger partial charge in [-0.2, -0.15) is 0 Å². The number of nitrogens with zero attached hydrogens (tertiary/aromatic N) is 3. The molecule has 1 aliphatic heterocycles.